The Balaban J connectivity index is 2.62. The summed E-state index contributed by atoms with van der Waals surface area (Å²) >= 11 is 0. The zero-order chi connectivity index (χ0) is 11.8. The molecule has 0 atom stereocenters. The van der Waals surface area contributed by atoms with Crippen LogP contribution in [0.25, 0.3) is 0 Å². The second kappa shape index (κ2) is 7.25. The molecule has 0 unspecified atom stereocenters. The zero-order valence-corrected chi connectivity index (χ0v) is 10.9. The van der Waals surface area contributed by atoms with E-state index >= 15 is 0 Å². The SMILES string of the molecule is C=C/C=C(\C=C/N)SSc1cccc(C)c1. The van der Waals surface area contributed by atoms with Crippen LogP contribution < -0.4 is 5.73 Å². The Bertz CT molecular complexity index is 408. The number of rotatable bonds is 5. The molecular formula is C13H15NS2. The zero-order valence-electron chi connectivity index (χ0n) is 9.22. The van der Waals surface area contributed by atoms with E-state index in [1.807, 2.05) is 12.2 Å². The molecule has 0 fully saturated rings. The summed E-state index contributed by atoms with van der Waals surface area (Å²) in [6.45, 7) is 5.77. The van der Waals surface area contributed by atoms with Crippen LogP contribution in [0.1, 0.15) is 5.56 Å². The van der Waals surface area contributed by atoms with Crippen LogP contribution in [0, 0.1) is 6.92 Å². The molecule has 1 rings (SSSR count). The van der Waals surface area contributed by atoms with Crippen LogP contribution in [0.5, 0.6) is 0 Å². The summed E-state index contributed by atoms with van der Waals surface area (Å²) < 4.78 is 0. The third kappa shape index (κ3) is 4.64. The van der Waals surface area contributed by atoms with Gasteiger partial charge < -0.3 is 5.73 Å². The monoisotopic (exact) mass is 249 g/mol. The summed E-state index contributed by atoms with van der Waals surface area (Å²) in [7, 11) is 3.39. The van der Waals surface area contributed by atoms with Crippen molar-refractivity contribution in [3.63, 3.8) is 0 Å². The van der Waals surface area contributed by atoms with Crippen LogP contribution >= 0.6 is 21.6 Å². The summed E-state index contributed by atoms with van der Waals surface area (Å²) in [5.41, 5.74) is 6.65. The molecule has 0 spiro atoms. The van der Waals surface area contributed by atoms with E-state index in [0.29, 0.717) is 0 Å². The van der Waals surface area contributed by atoms with Gasteiger partial charge in [0, 0.05) is 9.80 Å². The van der Waals surface area contributed by atoms with E-state index in [9.17, 15) is 0 Å². The molecule has 3 heteroatoms. The van der Waals surface area contributed by atoms with Gasteiger partial charge in [0.2, 0.25) is 0 Å². The molecule has 0 saturated carbocycles. The second-order valence-electron chi connectivity index (χ2n) is 3.15. The highest BCUT2D eigenvalue weighted by atomic mass is 33.1. The van der Waals surface area contributed by atoms with Crippen LogP contribution in [0.15, 0.2) is 65.1 Å². The predicted molar refractivity (Wildman–Crippen MR) is 76.2 cm³/mol. The molecule has 0 aromatic heterocycles. The molecule has 1 nitrogen and oxygen atoms in total. The summed E-state index contributed by atoms with van der Waals surface area (Å²) in [6, 6.07) is 8.42. The van der Waals surface area contributed by atoms with E-state index in [-0.39, 0.29) is 0 Å². The Hall–Kier alpha value is -1.06. The van der Waals surface area contributed by atoms with Gasteiger partial charge in [-0.3, -0.25) is 0 Å². The van der Waals surface area contributed by atoms with Crippen LogP contribution in [-0.2, 0) is 0 Å². The summed E-state index contributed by atoms with van der Waals surface area (Å²) in [4.78, 5) is 2.33. The van der Waals surface area contributed by atoms with Gasteiger partial charge >= 0.3 is 0 Å². The van der Waals surface area contributed by atoms with Gasteiger partial charge in [-0.05, 0) is 43.0 Å². The van der Waals surface area contributed by atoms with Gasteiger partial charge in [0.25, 0.3) is 0 Å². The highest BCUT2D eigenvalue weighted by Crippen LogP contribution is 2.37. The van der Waals surface area contributed by atoms with E-state index in [2.05, 4.69) is 37.8 Å². The van der Waals surface area contributed by atoms with Crippen LogP contribution in [-0.4, -0.2) is 0 Å². The Kier molecular flexibility index (Phi) is 5.90. The number of hydrogen-bond donors (Lipinski definition) is 1. The van der Waals surface area contributed by atoms with Gasteiger partial charge in [0.05, 0.1) is 0 Å². The molecule has 0 saturated heterocycles. The first-order valence-electron chi connectivity index (χ1n) is 4.88. The molecule has 1 aromatic rings. The van der Waals surface area contributed by atoms with Gasteiger partial charge in [-0.1, -0.05) is 46.4 Å². The number of aryl methyl sites for hydroxylation is 1. The Morgan fingerprint density at radius 3 is 2.88 bits per heavy atom. The first-order valence-corrected chi connectivity index (χ1v) is 7.03. The number of benzene rings is 1. The Morgan fingerprint density at radius 2 is 2.25 bits per heavy atom. The van der Waals surface area contributed by atoms with E-state index in [1.165, 1.54) is 10.5 Å². The largest absolute Gasteiger partial charge is 0.405 e. The first kappa shape index (κ1) is 13.0. The normalized spacial score (nSPS) is 11.9. The Labute approximate surface area is 105 Å². The molecule has 0 bridgehead atoms. The van der Waals surface area contributed by atoms with Gasteiger partial charge in [-0.2, -0.15) is 0 Å². The first-order chi connectivity index (χ1) is 7.76. The van der Waals surface area contributed by atoms with Gasteiger partial charge in [0.1, 0.15) is 0 Å². The van der Waals surface area contributed by atoms with Crippen LogP contribution in [0.4, 0.5) is 0 Å². The highest BCUT2D eigenvalue weighted by molar-refractivity contribution is 8.78. The van der Waals surface area contributed by atoms with E-state index in [0.717, 1.165) is 4.91 Å². The maximum atomic E-state index is 5.37. The van der Waals surface area contributed by atoms with E-state index in [4.69, 9.17) is 5.73 Å². The quantitative estimate of drug-likeness (QED) is 0.623. The lowest BCUT2D eigenvalue weighted by Gasteiger charge is -2.02. The van der Waals surface area contributed by atoms with Crippen molar-refractivity contribution in [3.05, 3.63) is 65.7 Å². The molecule has 0 radical (unpaired) electrons. The molecule has 16 heavy (non-hydrogen) atoms. The number of allylic oxidation sites excluding steroid dienone is 3. The average Bonchev–Trinajstić information content (AvgIpc) is 2.27. The van der Waals surface area contributed by atoms with Crippen LogP contribution in [0.2, 0.25) is 0 Å². The van der Waals surface area contributed by atoms with Gasteiger partial charge in [-0.25, -0.2) is 0 Å². The molecular weight excluding hydrogens is 234 g/mol. The molecule has 0 heterocycles. The minimum absolute atomic E-state index is 1.09. The van der Waals surface area contributed by atoms with Crippen molar-refractivity contribution in [1.29, 1.82) is 0 Å². The van der Waals surface area contributed by atoms with Crippen molar-refractivity contribution in [2.24, 2.45) is 5.73 Å². The lowest BCUT2D eigenvalue weighted by Crippen LogP contribution is -1.77. The molecule has 0 aliphatic heterocycles. The minimum atomic E-state index is 1.09. The lowest BCUT2D eigenvalue weighted by atomic mass is 10.2. The van der Waals surface area contributed by atoms with Crippen molar-refractivity contribution < 1.29 is 0 Å². The topological polar surface area (TPSA) is 26.0 Å². The third-order valence-electron chi connectivity index (χ3n) is 1.77. The van der Waals surface area contributed by atoms with Gasteiger partial charge in [-0.15, -0.1) is 0 Å². The predicted octanol–water partition coefficient (Wildman–Crippen LogP) is 4.28. The summed E-state index contributed by atoms with van der Waals surface area (Å²) in [5.74, 6) is 0. The molecule has 0 amide bonds. The van der Waals surface area contributed by atoms with Gasteiger partial charge in [0.15, 0.2) is 0 Å². The molecule has 0 aliphatic rings. The van der Waals surface area contributed by atoms with Crippen molar-refractivity contribution in [2.45, 2.75) is 11.8 Å². The fourth-order valence-electron chi connectivity index (χ4n) is 1.09. The maximum Gasteiger partial charge on any atom is 0.0200 e. The maximum absolute atomic E-state index is 5.37. The second-order valence-corrected chi connectivity index (χ2v) is 5.42. The highest BCUT2D eigenvalue weighted by Gasteiger charge is 1.97. The number of hydrogen-bond acceptors (Lipinski definition) is 3. The fourth-order valence-corrected chi connectivity index (χ4v) is 3.15. The molecule has 0 aliphatic carbocycles. The molecule has 84 valence electrons. The van der Waals surface area contributed by atoms with Crippen LogP contribution in [0.3, 0.4) is 0 Å². The average molecular weight is 249 g/mol. The lowest BCUT2D eigenvalue weighted by molar-refractivity contribution is 1.37. The molecule has 1 aromatic carbocycles. The summed E-state index contributed by atoms with van der Waals surface area (Å²) in [5, 5.41) is 0. The van der Waals surface area contributed by atoms with E-state index < -0.39 is 0 Å². The van der Waals surface area contributed by atoms with Crippen molar-refractivity contribution >= 4 is 21.6 Å². The van der Waals surface area contributed by atoms with E-state index in [1.54, 1.807) is 33.9 Å². The third-order valence-corrected chi connectivity index (χ3v) is 4.17. The minimum Gasteiger partial charge on any atom is -0.405 e. The summed E-state index contributed by atoms with van der Waals surface area (Å²) in [6.07, 6.45) is 7.12. The standard InChI is InChI=1S/C13H15NS2/c1-3-5-12(8-9-14)15-16-13-7-4-6-11(2)10-13/h3-10H,1,14H2,2H3/b9-8-,12-5+. The Morgan fingerprint density at radius 1 is 1.44 bits per heavy atom. The fraction of sp³-hybridized carbons (Fsp3) is 0.0769. The van der Waals surface area contributed by atoms with Crippen molar-refractivity contribution in [3.8, 4) is 0 Å². The van der Waals surface area contributed by atoms with Crippen molar-refractivity contribution in [1.82, 2.24) is 0 Å². The number of nitrogens with two attached hydrogens (primary N) is 1. The molecule has 2 N–H and O–H groups in total. The van der Waals surface area contributed by atoms with Crippen molar-refractivity contribution in [2.75, 3.05) is 0 Å². The smallest absolute Gasteiger partial charge is 0.0200 e.